The minimum atomic E-state index is -0.298. The lowest BCUT2D eigenvalue weighted by Crippen LogP contribution is -2.33. The summed E-state index contributed by atoms with van der Waals surface area (Å²) in [6, 6.07) is 7.85. The molecule has 0 saturated carbocycles. The molecule has 140 valence electrons. The van der Waals surface area contributed by atoms with Gasteiger partial charge in [-0.1, -0.05) is 37.6 Å². The van der Waals surface area contributed by atoms with Crippen LogP contribution in [0.15, 0.2) is 35.3 Å². The third-order valence-corrected chi connectivity index (χ3v) is 5.26. The first-order valence-corrected chi connectivity index (χ1v) is 9.52. The fourth-order valence-electron chi connectivity index (χ4n) is 3.31. The van der Waals surface area contributed by atoms with Gasteiger partial charge in [-0.25, -0.2) is 0 Å². The van der Waals surface area contributed by atoms with Gasteiger partial charge in [0, 0.05) is 20.2 Å². The molecule has 0 spiro atoms. The molecule has 1 saturated heterocycles. The van der Waals surface area contributed by atoms with Gasteiger partial charge in [0.15, 0.2) is 0 Å². The zero-order chi connectivity index (χ0) is 18.7. The molecular formula is C20H26ClN3O2. The summed E-state index contributed by atoms with van der Waals surface area (Å²) in [5, 5.41) is 4.55. The molecule has 0 unspecified atom stereocenters. The molecule has 3 rings (SSSR count). The number of hydrogen-bond donors (Lipinski definition) is 0. The van der Waals surface area contributed by atoms with E-state index in [1.165, 1.54) is 10.2 Å². The van der Waals surface area contributed by atoms with Gasteiger partial charge in [-0.2, -0.15) is 9.78 Å². The number of hydrogen-bond acceptors (Lipinski definition) is 4. The number of nitrogens with zero attached hydrogens (tertiary/aromatic N) is 3. The lowest BCUT2D eigenvalue weighted by atomic mass is 10.0. The summed E-state index contributed by atoms with van der Waals surface area (Å²) in [4.78, 5) is 14.7. The molecule has 2 heterocycles. The molecule has 6 heteroatoms. The van der Waals surface area contributed by atoms with Crippen LogP contribution in [0.4, 0.5) is 5.69 Å². The van der Waals surface area contributed by atoms with Crippen molar-refractivity contribution in [2.75, 3.05) is 31.7 Å². The molecule has 0 N–H and O–H groups in total. The van der Waals surface area contributed by atoms with Crippen molar-refractivity contribution >= 4 is 17.3 Å². The predicted molar refractivity (Wildman–Crippen MR) is 106 cm³/mol. The Kier molecular flexibility index (Phi) is 5.99. The van der Waals surface area contributed by atoms with E-state index in [-0.39, 0.29) is 10.6 Å². The van der Waals surface area contributed by atoms with Crippen LogP contribution in [0.5, 0.6) is 0 Å². The van der Waals surface area contributed by atoms with Crippen LogP contribution in [0.3, 0.4) is 0 Å². The fraction of sp³-hybridized carbons (Fsp3) is 0.500. The lowest BCUT2D eigenvalue weighted by molar-refractivity contribution is 0.0576. The second kappa shape index (κ2) is 8.23. The quantitative estimate of drug-likeness (QED) is 0.795. The summed E-state index contributed by atoms with van der Waals surface area (Å²) in [5.41, 5.74) is 2.31. The highest BCUT2D eigenvalue weighted by atomic mass is 35.5. The first-order chi connectivity index (χ1) is 12.5. The van der Waals surface area contributed by atoms with Crippen LogP contribution in [0.1, 0.15) is 38.2 Å². The summed E-state index contributed by atoms with van der Waals surface area (Å²) in [7, 11) is 1.94. The van der Waals surface area contributed by atoms with Gasteiger partial charge in [0.2, 0.25) is 0 Å². The second-order valence-corrected chi connectivity index (χ2v) is 7.65. The molecule has 0 amide bonds. The highest BCUT2D eigenvalue weighted by Crippen LogP contribution is 2.24. The highest BCUT2D eigenvalue weighted by molar-refractivity contribution is 6.33. The van der Waals surface area contributed by atoms with E-state index in [0.717, 1.165) is 38.3 Å². The predicted octanol–water partition coefficient (Wildman–Crippen LogP) is 3.87. The maximum Gasteiger partial charge on any atom is 0.292 e. The second-order valence-electron chi connectivity index (χ2n) is 7.27. The van der Waals surface area contributed by atoms with Gasteiger partial charge in [0.05, 0.1) is 24.2 Å². The number of rotatable bonds is 5. The van der Waals surface area contributed by atoms with Crippen molar-refractivity contribution in [2.45, 2.75) is 32.6 Å². The lowest BCUT2D eigenvalue weighted by Gasteiger charge is -2.28. The fourth-order valence-corrected chi connectivity index (χ4v) is 3.58. The van der Waals surface area contributed by atoms with Gasteiger partial charge in [0.25, 0.3) is 5.56 Å². The molecule has 2 aromatic rings. The zero-order valence-electron chi connectivity index (χ0n) is 15.6. The topological polar surface area (TPSA) is 47.4 Å². The molecule has 26 heavy (non-hydrogen) atoms. The summed E-state index contributed by atoms with van der Waals surface area (Å²) in [6.45, 7) is 6.67. The van der Waals surface area contributed by atoms with E-state index in [1.54, 1.807) is 6.20 Å². The van der Waals surface area contributed by atoms with E-state index >= 15 is 0 Å². The van der Waals surface area contributed by atoms with Crippen molar-refractivity contribution in [3.63, 3.8) is 0 Å². The molecular weight excluding hydrogens is 350 g/mol. The van der Waals surface area contributed by atoms with Gasteiger partial charge in [-0.3, -0.25) is 4.79 Å². The van der Waals surface area contributed by atoms with E-state index in [1.807, 2.05) is 36.2 Å². The Hall–Kier alpha value is -1.85. The largest absolute Gasteiger partial charge is 0.381 e. The summed E-state index contributed by atoms with van der Waals surface area (Å²) in [6.07, 6.45) is 3.89. The molecule has 5 nitrogen and oxygen atoms in total. The van der Waals surface area contributed by atoms with Crippen LogP contribution in [0, 0.1) is 5.92 Å². The Balaban J connectivity index is 1.82. The van der Waals surface area contributed by atoms with Gasteiger partial charge in [-0.05, 0) is 42.4 Å². The number of aromatic nitrogens is 2. The molecule has 1 aromatic carbocycles. The Labute approximate surface area is 159 Å². The minimum Gasteiger partial charge on any atom is -0.381 e. The molecule has 0 bridgehead atoms. The standard InChI is InChI=1S/C20H26ClN3O2/c1-14(2)16-6-8-17(9-7-16)24-20(25)19(21)18(11-22-24)23(3)12-15-5-4-10-26-13-15/h6-9,11,14-15H,4-5,10,12-13H2,1-3H3/t15-/m0/s1. The molecule has 1 fully saturated rings. The Bertz CT molecular complexity index is 796. The molecule has 1 aromatic heterocycles. The molecule has 0 radical (unpaired) electrons. The van der Waals surface area contributed by atoms with Crippen LogP contribution < -0.4 is 10.5 Å². The van der Waals surface area contributed by atoms with E-state index < -0.39 is 0 Å². The number of anilines is 1. The van der Waals surface area contributed by atoms with Gasteiger partial charge in [0.1, 0.15) is 5.02 Å². The first kappa shape index (κ1) is 18.9. The van der Waals surface area contributed by atoms with Crippen molar-refractivity contribution in [1.82, 2.24) is 9.78 Å². The van der Waals surface area contributed by atoms with Crippen molar-refractivity contribution in [3.8, 4) is 5.69 Å². The SMILES string of the molecule is CC(C)c1ccc(-n2ncc(N(C)C[C@@H]3CCCOC3)c(Cl)c2=O)cc1. The summed E-state index contributed by atoms with van der Waals surface area (Å²) >= 11 is 6.40. The third-order valence-electron chi connectivity index (χ3n) is 4.90. The molecule has 1 aliphatic rings. The molecule has 0 aliphatic carbocycles. The van der Waals surface area contributed by atoms with E-state index in [2.05, 4.69) is 18.9 Å². The Morgan fingerprint density at radius 2 is 2.08 bits per heavy atom. The third kappa shape index (κ3) is 4.10. The van der Waals surface area contributed by atoms with E-state index in [9.17, 15) is 4.79 Å². The van der Waals surface area contributed by atoms with Crippen LogP contribution in [0.2, 0.25) is 5.02 Å². The summed E-state index contributed by atoms with van der Waals surface area (Å²) < 4.78 is 6.89. The highest BCUT2D eigenvalue weighted by Gasteiger charge is 2.19. The minimum absolute atomic E-state index is 0.201. The van der Waals surface area contributed by atoms with Crippen LogP contribution in [-0.4, -0.2) is 36.6 Å². The smallest absolute Gasteiger partial charge is 0.292 e. The number of ether oxygens (including phenoxy) is 1. The van der Waals surface area contributed by atoms with Crippen molar-refractivity contribution in [3.05, 3.63) is 51.4 Å². The molecule has 1 atom stereocenters. The van der Waals surface area contributed by atoms with E-state index in [4.69, 9.17) is 16.3 Å². The van der Waals surface area contributed by atoms with Gasteiger partial charge in [-0.15, -0.1) is 0 Å². The zero-order valence-corrected chi connectivity index (χ0v) is 16.4. The number of halogens is 1. The maximum atomic E-state index is 12.7. The monoisotopic (exact) mass is 375 g/mol. The normalized spacial score (nSPS) is 17.5. The van der Waals surface area contributed by atoms with Crippen molar-refractivity contribution < 1.29 is 4.74 Å². The summed E-state index contributed by atoms with van der Waals surface area (Å²) in [5.74, 6) is 0.896. The average Bonchev–Trinajstić information content (AvgIpc) is 2.64. The van der Waals surface area contributed by atoms with Crippen molar-refractivity contribution in [1.29, 1.82) is 0 Å². The van der Waals surface area contributed by atoms with Crippen LogP contribution in [0.25, 0.3) is 5.69 Å². The number of benzene rings is 1. The Morgan fingerprint density at radius 1 is 1.35 bits per heavy atom. The van der Waals surface area contributed by atoms with Crippen LogP contribution >= 0.6 is 11.6 Å². The van der Waals surface area contributed by atoms with Gasteiger partial charge < -0.3 is 9.64 Å². The first-order valence-electron chi connectivity index (χ1n) is 9.14. The Morgan fingerprint density at radius 3 is 2.69 bits per heavy atom. The molecule has 1 aliphatic heterocycles. The van der Waals surface area contributed by atoms with E-state index in [0.29, 0.717) is 17.5 Å². The van der Waals surface area contributed by atoms with Crippen LogP contribution in [-0.2, 0) is 4.74 Å². The average molecular weight is 376 g/mol. The maximum absolute atomic E-state index is 12.7. The van der Waals surface area contributed by atoms with Crippen molar-refractivity contribution in [2.24, 2.45) is 5.92 Å². The van der Waals surface area contributed by atoms with Gasteiger partial charge >= 0.3 is 0 Å².